The number of rotatable bonds is 4. The fraction of sp³-hybridized carbons (Fsp3) is 0.588. The average molecular weight is 320 g/mol. The predicted molar refractivity (Wildman–Crippen MR) is 86.5 cm³/mol. The molecule has 6 heteroatoms. The number of benzene rings is 1. The molecule has 2 heterocycles. The quantitative estimate of drug-likeness (QED) is 0.908. The van der Waals surface area contributed by atoms with Crippen LogP contribution >= 0.6 is 0 Å². The van der Waals surface area contributed by atoms with E-state index in [2.05, 4.69) is 5.32 Å². The van der Waals surface area contributed by atoms with Crippen molar-refractivity contribution < 1.29 is 19.0 Å². The van der Waals surface area contributed by atoms with E-state index in [4.69, 9.17) is 14.2 Å². The van der Waals surface area contributed by atoms with Gasteiger partial charge in [0.15, 0.2) is 11.5 Å². The lowest BCUT2D eigenvalue weighted by molar-refractivity contribution is 0.0638. The number of ether oxygens (including phenoxy) is 3. The molecule has 2 fully saturated rings. The third-order valence-electron chi connectivity index (χ3n) is 4.93. The lowest BCUT2D eigenvalue weighted by Crippen LogP contribution is -2.43. The minimum Gasteiger partial charge on any atom is -0.496 e. The van der Waals surface area contributed by atoms with E-state index in [1.165, 1.54) is 0 Å². The predicted octanol–water partition coefficient (Wildman–Crippen LogP) is 1.39. The molecule has 0 radical (unpaired) electrons. The van der Waals surface area contributed by atoms with Crippen molar-refractivity contribution in [2.75, 3.05) is 47.5 Å². The van der Waals surface area contributed by atoms with Gasteiger partial charge in [-0.1, -0.05) is 0 Å². The van der Waals surface area contributed by atoms with Gasteiger partial charge in [0, 0.05) is 25.2 Å². The largest absolute Gasteiger partial charge is 0.496 e. The van der Waals surface area contributed by atoms with Gasteiger partial charge in [0.1, 0.15) is 5.75 Å². The average Bonchev–Trinajstić information content (AvgIpc) is 3.07. The number of hydrogen-bond donors (Lipinski definition) is 1. The van der Waals surface area contributed by atoms with E-state index in [1.807, 2.05) is 4.90 Å². The van der Waals surface area contributed by atoms with Gasteiger partial charge in [-0.2, -0.15) is 0 Å². The highest BCUT2D eigenvalue weighted by Gasteiger charge is 2.35. The number of likely N-dealkylation sites (tertiary alicyclic amines) is 1. The molecule has 0 aromatic heterocycles. The molecule has 2 saturated heterocycles. The Morgan fingerprint density at radius 3 is 2.39 bits per heavy atom. The minimum atomic E-state index is -0.00634. The number of fused-ring (bicyclic) bond motifs is 1. The summed E-state index contributed by atoms with van der Waals surface area (Å²) in [6.45, 7) is 3.66. The summed E-state index contributed by atoms with van der Waals surface area (Å²) in [7, 11) is 4.69. The highest BCUT2D eigenvalue weighted by Crippen LogP contribution is 2.36. The number of nitrogens with zero attached hydrogens (tertiary/aromatic N) is 1. The topological polar surface area (TPSA) is 60.0 Å². The summed E-state index contributed by atoms with van der Waals surface area (Å²) in [6.07, 6.45) is 1.05. The standard InChI is InChI=1S/C17H24N2O4/c1-21-14-7-16(23-3)15(22-2)6-13(14)17(20)19-5-4-11-8-18-9-12(11)10-19/h6-7,11-12,18H,4-5,8-10H2,1-3H3. The first-order valence-corrected chi connectivity index (χ1v) is 7.98. The maximum atomic E-state index is 13.0. The molecule has 2 aliphatic rings. The van der Waals surface area contributed by atoms with E-state index in [0.717, 1.165) is 32.6 Å². The maximum absolute atomic E-state index is 13.0. The Labute approximate surface area is 136 Å². The number of piperidine rings is 1. The number of carbonyl (C=O) groups excluding carboxylic acids is 1. The molecular weight excluding hydrogens is 296 g/mol. The number of nitrogens with one attached hydrogen (secondary N) is 1. The Hall–Kier alpha value is -1.95. The lowest BCUT2D eigenvalue weighted by atomic mass is 9.88. The summed E-state index contributed by atoms with van der Waals surface area (Å²) in [6, 6.07) is 3.41. The van der Waals surface area contributed by atoms with Crippen molar-refractivity contribution in [1.82, 2.24) is 10.2 Å². The number of carbonyl (C=O) groups is 1. The van der Waals surface area contributed by atoms with E-state index < -0.39 is 0 Å². The third kappa shape index (κ3) is 2.95. The zero-order valence-electron chi connectivity index (χ0n) is 13.9. The van der Waals surface area contributed by atoms with E-state index in [0.29, 0.717) is 34.6 Å². The summed E-state index contributed by atoms with van der Waals surface area (Å²) in [5, 5.41) is 3.42. The van der Waals surface area contributed by atoms with Crippen LogP contribution in [0.5, 0.6) is 17.2 Å². The van der Waals surface area contributed by atoms with Crippen LogP contribution in [0.2, 0.25) is 0 Å². The molecule has 1 N–H and O–H groups in total. The molecule has 0 aliphatic carbocycles. The molecule has 3 rings (SSSR count). The molecule has 2 unspecified atom stereocenters. The fourth-order valence-electron chi connectivity index (χ4n) is 3.59. The molecule has 1 amide bonds. The Morgan fingerprint density at radius 2 is 1.70 bits per heavy atom. The van der Waals surface area contributed by atoms with Gasteiger partial charge in [0.2, 0.25) is 0 Å². The SMILES string of the molecule is COc1cc(OC)c(C(=O)N2CCC3CNCC3C2)cc1OC. The molecule has 23 heavy (non-hydrogen) atoms. The Morgan fingerprint density at radius 1 is 1.04 bits per heavy atom. The molecule has 2 atom stereocenters. The van der Waals surface area contributed by atoms with Crippen molar-refractivity contribution in [3.8, 4) is 17.2 Å². The Kier molecular flexibility index (Phi) is 4.61. The van der Waals surface area contributed by atoms with Gasteiger partial charge < -0.3 is 24.4 Å². The van der Waals surface area contributed by atoms with Gasteiger partial charge in [0.05, 0.1) is 26.9 Å². The van der Waals surface area contributed by atoms with Crippen molar-refractivity contribution in [3.63, 3.8) is 0 Å². The highest BCUT2D eigenvalue weighted by molar-refractivity contribution is 5.98. The van der Waals surface area contributed by atoms with Crippen LogP contribution in [0.4, 0.5) is 0 Å². The number of hydrogen-bond acceptors (Lipinski definition) is 5. The van der Waals surface area contributed by atoms with E-state index in [1.54, 1.807) is 33.5 Å². The van der Waals surface area contributed by atoms with Crippen LogP contribution in [0.25, 0.3) is 0 Å². The third-order valence-corrected chi connectivity index (χ3v) is 4.93. The molecule has 0 bridgehead atoms. The smallest absolute Gasteiger partial charge is 0.257 e. The zero-order chi connectivity index (χ0) is 16.4. The van der Waals surface area contributed by atoms with Crippen LogP contribution in [-0.2, 0) is 0 Å². The molecule has 6 nitrogen and oxygen atoms in total. The van der Waals surface area contributed by atoms with Gasteiger partial charge in [-0.3, -0.25) is 4.79 Å². The normalized spacial score (nSPS) is 23.3. The van der Waals surface area contributed by atoms with Gasteiger partial charge >= 0.3 is 0 Å². The van der Waals surface area contributed by atoms with Crippen molar-refractivity contribution in [3.05, 3.63) is 17.7 Å². The second-order valence-electron chi connectivity index (χ2n) is 6.13. The van der Waals surface area contributed by atoms with Crippen LogP contribution < -0.4 is 19.5 Å². The monoisotopic (exact) mass is 320 g/mol. The first-order chi connectivity index (χ1) is 11.2. The Balaban J connectivity index is 1.86. The summed E-state index contributed by atoms with van der Waals surface area (Å²) < 4.78 is 16.0. The van der Waals surface area contributed by atoms with Crippen molar-refractivity contribution in [2.24, 2.45) is 11.8 Å². The van der Waals surface area contributed by atoms with E-state index in [9.17, 15) is 4.79 Å². The second-order valence-corrected chi connectivity index (χ2v) is 6.13. The first-order valence-electron chi connectivity index (χ1n) is 7.98. The van der Waals surface area contributed by atoms with E-state index in [-0.39, 0.29) is 5.91 Å². The molecule has 1 aromatic rings. The van der Waals surface area contributed by atoms with E-state index >= 15 is 0 Å². The summed E-state index contributed by atoms with van der Waals surface area (Å²) in [5.41, 5.74) is 0.523. The van der Waals surface area contributed by atoms with Crippen LogP contribution in [-0.4, -0.2) is 58.3 Å². The number of methoxy groups -OCH3 is 3. The minimum absolute atomic E-state index is 0.00634. The van der Waals surface area contributed by atoms with Crippen LogP contribution in [0, 0.1) is 11.8 Å². The van der Waals surface area contributed by atoms with Crippen LogP contribution in [0.1, 0.15) is 16.8 Å². The molecular formula is C17H24N2O4. The van der Waals surface area contributed by atoms with Crippen molar-refractivity contribution in [1.29, 1.82) is 0 Å². The maximum Gasteiger partial charge on any atom is 0.257 e. The molecule has 0 spiro atoms. The van der Waals surface area contributed by atoms with Crippen LogP contribution in [0.3, 0.4) is 0 Å². The highest BCUT2D eigenvalue weighted by atomic mass is 16.5. The van der Waals surface area contributed by atoms with Crippen molar-refractivity contribution >= 4 is 5.91 Å². The van der Waals surface area contributed by atoms with Crippen LogP contribution in [0.15, 0.2) is 12.1 Å². The van der Waals surface area contributed by atoms with Gasteiger partial charge in [0.25, 0.3) is 5.91 Å². The van der Waals surface area contributed by atoms with Crippen molar-refractivity contribution in [2.45, 2.75) is 6.42 Å². The summed E-state index contributed by atoms with van der Waals surface area (Å²) in [4.78, 5) is 14.9. The zero-order valence-corrected chi connectivity index (χ0v) is 13.9. The first kappa shape index (κ1) is 15.9. The Bertz CT molecular complexity index is 590. The molecule has 126 valence electrons. The van der Waals surface area contributed by atoms with Gasteiger partial charge in [-0.05, 0) is 31.3 Å². The number of amides is 1. The lowest BCUT2D eigenvalue weighted by Gasteiger charge is -2.34. The summed E-state index contributed by atoms with van der Waals surface area (Å²) in [5.74, 6) is 2.85. The summed E-state index contributed by atoms with van der Waals surface area (Å²) >= 11 is 0. The second kappa shape index (κ2) is 6.66. The molecule has 1 aromatic carbocycles. The fourth-order valence-corrected chi connectivity index (χ4v) is 3.59. The molecule has 2 aliphatic heterocycles. The molecule has 0 saturated carbocycles. The van der Waals surface area contributed by atoms with Gasteiger partial charge in [-0.25, -0.2) is 0 Å². The van der Waals surface area contributed by atoms with Gasteiger partial charge in [-0.15, -0.1) is 0 Å².